The molecule has 0 radical (unpaired) electrons. The van der Waals surface area contributed by atoms with Crippen LogP contribution in [0.5, 0.6) is 0 Å². The van der Waals surface area contributed by atoms with Crippen molar-refractivity contribution >= 4 is 6.03 Å². The second-order valence-corrected chi connectivity index (χ2v) is 6.24. The highest BCUT2D eigenvalue weighted by atomic mass is 16.3. The summed E-state index contributed by atoms with van der Waals surface area (Å²) in [5.41, 5.74) is 3.52. The van der Waals surface area contributed by atoms with Crippen LogP contribution in [0.3, 0.4) is 0 Å². The number of hydrogen-bond donors (Lipinski definition) is 3. The molecule has 0 bridgehead atoms. The number of aliphatic hydroxyl groups is 1. The van der Waals surface area contributed by atoms with E-state index in [4.69, 9.17) is 0 Å². The van der Waals surface area contributed by atoms with Crippen molar-refractivity contribution in [1.82, 2.24) is 20.4 Å². The van der Waals surface area contributed by atoms with E-state index in [0.29, 0.717) is 6.54 Å². The molecule has 1 saturated carbocycles. The van der Waals surface area contributed by atoms with Crippen LogP contribution in [0.2, 0.25) is 0 Å². The fourth-order valence-corrected chi connectivity index (χ4v) is 3.15. The van der Waals surface area contributed by atoms with Gasteiger partial charge in [-0.25, -0.2) is 4.79 Å². The zero-order valence-electron chi connectivity index (χ0n) is 13.9. The lowest BCUT2D eigenvalue weighted by molar-refractivity contribution is 0.0943. The Morgan fingerprint density at radius 3 is 2.73 bits per heavy atom. The molecular formula is C16H28N4O2. The quantitative estimate of drug-likeness (QED) is 0.723. The Balaban J connectivity index is 1.69. The summed E-state index contributed by atoms with van der Waals surface area (Å²) in [6, 6.07) is -0.276. The van der Waals surface area contributed by atoms with Crippen molar-refractivity contribution in [2.24, 2.45) is 7.05 Å². The average molecular weight is 308 g/mol. The van der Waals surface area contributed by atoms with Crippen molar-refractivity contribution in [3.8, 4) is 0 Å². The molecule has 1 fully saturated rings. The highest BCUT2D eigenvalue weighted by Crippen LogP contribution is 2.18. The lowest BCUT2D eigenvalue weighted by atomic mass is 9.93. The molecule has 2 atom stereocenters. The largest absolute Gasteiger partial charge is 0.391 e. The zero-order chi connectivity index (χ0) is 16.1. The van der Waals surface area contributed by atoms with E-state index in [1.807, 2.05) is 18.7 Å². The van der Waals surface area contributed by atoms with Crippen molar-refractivity contribution in [2.75, 3.05) is 6.54 Å². The fourth-order valence-electron chi connectivity index (χ4n) is 3.15. The van der Waals surface area contributed by atoms with Gasteiger partial charge in [0.15, 0.2) is 0 Å². The summed E-state index contributed by atoms with van der Waals surface area (Å²) in [5.74, 6) is 0. The topological polar surface area (TPSA) is 79.2 Å². The number of carbonyl (C=O) groups is 1. The molecule has 0 saturated heterocycles. The fraction of sp³-hybridized carbons (Fsp3) is 0.750. The Morgan fingerprint density at radius 1 is 1.36 bits per heavy atom. The normalized spacial score (nSPS) is 21.6. The van der Waals surface area contributed by atoms with E-state index in [-0.39, 0.29) is 12.1 Å². The maximum absolute atomic E-state index is 11.9. The molecule has 2 rings (SSSR count). The van der Waals surface area contributed by atoms with Crippen LogP contribution < -0.4 is 10.6 Å². The lowest BCUT2D eigenvalue weighted by Gasteiger charge is -2.28. The number of aromatic nitrogens is 2. The first kappa shape index (κ1) is 16.8. The van der Waals surface area contributed by atoms with Crippen LogP contribution in [0.4, 0.5) is 4.79 Å². The van der Waals surface area contributed by atoms with E-state index in [0.717, 1.165) is 44.2 Å². The number of aryl methyl sites for hydroxylation is 2. The molecule has 1 aromatic heterocycles. The molecule has 2 amide bonds. The van der Waals surface area contributed by atoms with Crippen LogP contribution in [0.1, 0.15) is 49.1 Å². The van der Waals surface area contributed by atoms with Gasteiger partial charge in [0.2, 0.25) is 0 Å². The van der Waals surface area contributed by atoms with Gasteiger partial charge in [-0.05, 0) is 45.1 Å². The third-order valence-electron chi connectivity index (χ3n) is 4.59. The number of rotatable bonds is 5. The average Bonchev–Trinajstić information content (AvgIpc) is 2.72. The van der Waals surface area contributed by atoms with E-state index in [2.05, 4.69) is 22.7 Å². The van der Waals surface area contributed by atoms with Gasteiger partial charge in [-0.1, -0.05) is 12.8 Å². The molecule has 124 valence electrons. The Hall–Kier alpha value is -1.56. The molecular weight excluding hydrogens is 280 g/mol. The minimum atomic E-state index is -0.403. The highest BCUT2D eigenvalue weighted by molar-refractivity contribution is 5.74. The van der Waals surface area contributed by atoms with Gasteiger partial charge in [0.25, 0.3) is 0 Å². The summed E-state index contributed by atoms with van der Waals surface area (Å²) in [6.45, 7) is 4.72. The van der Waals surface area contributed by atoms with E-state index >= 15 is 0 Å². The maximum atomic E-state index is 11.9. The smallest absolute Gasteiger partial charge is 0.315 e. The standard InChI is InChI=1S/C16H28N4O2/c1-11-13(12(2)20(3)19-11)7-6-10-17-16(22)18-14-8-4-5-9-15(14)21/h14-15,21H,4-10H2,1-3H3,(H2,17,18,22). The lowest BCUT2D eigenvalue weighted by Crippen LogP contribution is -2.49. The summed E-state index contributed by atoms with van der Waals surface area (Å²) in [4.78, 5) is 11.9. The minimum Gasteiger partial charge on any atom is -0.391 e. The van der Waals surface area contributed by atoms with Crippen molar-refractivity contribution in [3.63, 3.8) is 0 Å². The van der Waals surface area contributed by atoms with Crippen molar-refractivity contribution in [3.05, 3.63) is 17.0 Å². The molecule has 1 aromatic rings. The summed E-state index contributed by atoms with van der Waals surface area (Å²) < 4.78 is 1.90. The van der Waals surface area contributed by atoms with Crippen LogP contribution in [0, 0.1) is 13.8 Å². The highest BCUT2D eigenvalue weighted by Gasteiger charge is 2.24. The van der Waals surface area contributed by atoms with Gasteiger partial charge in [-0.15, -0.1) is 0 Å². The zero-order valence-corrected chi connectivity index (χ0v) is 13.9. The number of hydrogen-bond acceptors (Lipinski definition) is 3. The Bertz CT molecular complexity index is 512. The molecule has 3 N–H and O–H groups in total. The first-order valence-corrected chi connectivity index (χ1v) is 8.20. The van der Waals surface area contributed by atoms with Gasteiger partial charge >= 0.3 is 6.03 Å². The predicted octanol–water partition coefficient (Wildman–Crippen LogP) is 1.57. The number of amides is 2. The number of aliphatic hydroxyl groups excluding tert-OH is 1. The molecule has 2 unspecified atom stereocenters. The van der Waals surface area contributed by atoms with Crippen LogP contribution in [-0.2, 0) is 13.5 Å². The number of carbonyl (C=O) groups excluding carboxylic acids is 1. The molecule has 6 heteroatoms. The van der Waals surface area contributed by atoms with Gasteiger partial charge in [-0.2, -0.15) is 5.10 Å². The van der Waals surface area contributed by atoms with Crippen LogP contribution in [0.15, 0.2) is 0 Å². The van der Waals surface area contributed by atoms with Gasteiger partial charge in [0.1, 0.15) is 0 Å². The van der Waals surface area contributed by atoms with Crippen LogP contribution >= 0.6 is 0 Å². The van der Waals surface area contributed by atoms with Gasteiger partial charge < -0.3 is 15.7 Å². The summed E-state index contributed by atoms with van der Waals surface area (Å²) >= 11 is 0. The van der Waals surface area contributed by atoms with Crippen LogP contribution in [0.25, 0.3) is 0 Å². The van der Waals surface area contributed by atoms with Gasteiger partial charge in [-0.3, -0.25) is 4.68 Å². The van der Waals surface area contributed by atoms with Gasteiger partial charge in [0.05, 0.1) is 17.8 Å². The number of nitrogens with one attached hydrogen (secondary N) is 2. The molecule has 1 aliphatic rings. The minimum absolute atomic E-state index is 0.100. The third-order valence-corrected chi connectivity index (χ3v) is 4.59. The first-order valence-electron chi connectivity index (χ1n) is 8.20. The summed E-state index contributed by atoms with van der Waals surface area (Å²) in [7, 11) is 1.95. The molecule has 0 spiro atoms. The number of nitrogens with zero attached hydrogens (tertiary/aromatic N) is 2. The summed E-state index contributed by atoms with van der Waals surface area (Å²) in [5, 5.41) is 20.0. The second kappa shape index (κ2) is 7.63. The molecule has 0 aromatic carbocycles. The van der Waals surface area contributed by atoms with Crippen LogP contribution in [-0.4, -0.2) is 39.6 Å². The Morgan fingerprint density at radius 2 is 2.09 bits per heavy atom. The first-order chi connectivity index (χ1) is 10.5. The van der Waals surface area contributed by atoms with Crippen molar-refractivity contribution < 1.29 is 9.90 Å². The number of urea groups is 1. The van der Waals surface area contributed by atoms with Gasteiger partial charge in [0, 0.05) is 19.3 Å². The van der Waals surface area contributed by atoms with E-state index in [1.54, 1.807) is 0 Å². The monoisotopic (exact) mass is 308 g/mol. The predicted molar refractivity (Wildman–Crippen MR) is 85.8 cm³/mol. The Kier molecular flexibility index (Phi) is 5.83. The van der Waals surface area contributed by atoms with E-state index in [1.165, 1.54) is 11.3 Å². The van der Waals surface area contributed by atoms with Crippen molar-refractivity contribution in [2.45, 2.75) is 64.5 Å². The molecule has 22 heavy (non-hydrogen) atoms. The molecule has 0 aliphatic heterocycles. The Labute approximate surface area is 132 Å². The molecule has 6 nitrogen and oxygen atoms in total. The SMILES string of the molecule is Cc1nn(C)c(C)c1CCCNC(=O)NC1CCCCC1O. The van der Waals surface area contributed by atoms with E-state index < -0.39 is 6.10 Å². The van der Waals surface area contributed by atoms with Crippen molar-refractivity contribution in [1.29, 1.82) is 0 Å². The maximum Gasteiger partial charge on any atom is 0.315 e. The molecule has 1 aliphatic carbocycles. The third kappa shape index (κ3) is 4.22. The summed E-state index contributed by atoms with van der Waals surface area (Å²) in [6.07, 6.45) is 5.16. The second-order valence-electron chi connectivity index (χ2n) is 6.24. The van der Waals surface area contributed by atoms with E-state index in [9.17, 15) is 9.90 Å². The molecule has 1 heterocycles.